The van der Waals surface area contributed by atoms with Gasteiger partial charge in [-0.1, -0.05) is 18.6 Å². The van der Waals surface area contributed by atoms with E-state index < -0.39 is 0 Å². The van der Waals surface area contributed by atoms with Crippen molar-refractivity contribution >= 4 is 27.7 Å². The molecule has 1 nitrogen and oxygen atoms in total. The molecule has 1 aromatic carbocycles. The molecule has 1 aliphatic rings. The van der Waals surface area contributed by atoms with Crippen LogP contribution < -0.4 is 0 Å². The van der Waals surface area contributed by atoms with Crippen molar-refractivity contribution in [3.05, 3.63) is 28.7 Å². The van der Waals surface area contributed by atoms with Gasteiger partial charge in [-0.15, -0.1) is 11.8 Å². The average Bonchev–Trinajstić information content (AvgIpc) is 2.33. The highest BCUT2D eigenvalue weighted by molar-refractivity contribution is 9.10. The van der Waals surface area contributed by atoms with Gasteiger partial charge in [0.1, 0.15) is 0 Å². The first-order valence-electron chi connectivity index (χ1n) is 5.96. The van der Waals surface area contributed by atoms with Crippen molar-refractivity contribution in [2.75, 3.05) is 25.4 Å². The molecule has 2 rings (SSSR count). The van der Waals surface area contributed by atoms with Crippen LogP contribution in [-0.2, 0) is 0 Å². The first-order valence-corrected chi connectivity index (χ1v) is 7.74. The Kier molecular flexibility index (Phi) is 5.20. The number of hydrogen-bond acceptors (Lipinski definition) is 2. The quantitative estimate of drug-likeness (QED) is 0.772. The van der Waals surface area contributed by atoms with E-state index >= 15 is 0 Å². The molecule has 1 saturated heterocycles. The van der Waals surface area contributed by atoms with Gasteiger partial charge in [-0.25, -0.2) is 0 Å². The Hall–Kier alpha value is 0.01000. The van der Waals surface area contributed by atoms with Crippen LogP contribution in [0.2, 0.25) is 0 Å². The average molecular weight is 300 g/mol. The lowest BCUT2D eigenvalue weighted by molar-refractivity contribution is 0.242. The Bertz CT molecular complexity index is 323. The van der Waals surface area contributed by atoms with Gasteiger partial charge < -0.3 is 4.90 Å². The third-order valence-corrected chi connectivity index (χ3v) is 4.96. The molecule has 1 aromatic rings. The van der Waals surface area contributed by atoms with Crippen molar-refractivity contribution < 1.29 is 0 Å². The number of piperidine rings is 1. The van der Waals surface area contributed by atoms with Gasteiger partial charge in [0.15, 0.2) is 0 Å². The van der Waals surface area contributed by atoms with Gasteiger partial charge in [-0.2, -0.15) is 0 Å². The molecule has 1 fully saturated rings. The maximum atomic E-state index is 3.59. The topological polar surface area (TPSA) is 3.24 Å². The van der Waals surface area contributed by atoms with E-state index in [-0.39, 0.29) is 0 Å². The molecule has 88 valence electrons. The molecule has 3 heteroatoms. The summed E-state index contributed by atoms with van der Waals surface area (Å²) in [7, 11) is 0. The summed E-state index contributed by atoms with van der Waals surface area (Å²) in [5.74, 6) is 1.20. The van der Waals surface area contributed by atoms with Gasteiger partial charge >= 0.3 is 0 Å². The lowest BCUT2D eigenvalue weighted by atomic mass is 10.1. The zero-order valence-corrected chi connectivity index (χ0v) is 11.9. The molecule has 1 aliphatic heterocycles. The molecule has 0 amide bonds. The summed E-state index contributed by atoms with van der Waals surface area (Å²) in [6, 6.07) is 8.47. The van der Waals surface area contributed by atoms with Crippen molar-refractivity contribution in [3.63, 3.8) is 0 Å². The standard InChI is InChI=1S/C13H18BrNS/c14-12-6-2-3-7-13(12)16-11-10-15-8-4-1-5-9-15/h2-3,6-7H,1,4-5,8-11H2. The summed E-state index contributed by atoms with van der Waals surface area (Å²) in [4.78, 5) is 3.95. The number of likely N-dealkylation sites (tertiary alicyclic amines) is 1. The SMILES string of the molecule is Brc1ccccc1SCCN1CCCCC1. The second-order valence-corrected chi connectivity index (χ2v) is 6.17. The smallest absolute Gasteiger partial charge is 0.0311 e. The van der Waals surface area contributed by atoms with Crippen LogP contribution in [0.3, 0.4) is 0 Å². The molecule has 0 N–H and O–H groups in total. The van der Waals surface area contributed by atoms with Gasteiger partial charge in [-0.05, 0) is 54.0 Å². The third-order valence-electron chi connectivity index (χ3n) is 2.95. The molecule has 1 heterocycles. The first-order chi connectivity index (χ1) is 7.86. The van der Waals surface area contributed by atoms with E-state index in [2.05, 4.69) is 45.1 Å². The summed E-state index contributed by atoms with van der Waals surface area (Å²) in [5.41, 5.74) is 0. The highest BCUT2D eigenvalue weighted by Crippen LogP contribution is 2.27. The number of thioether (sulfide) groups is 1. The Balaban J connectivity index is 1.73. The fourth-order valence-corrected chi connectivity index (χ4v) is 3.61. The van der Waals surface area contributed by atoms with Gasteiger partial charge in [0.2, 0.25) is 0 Å². The fourth-order valence-electron chi connectivity index (χ4n) is 2.03. The highest BCUT2D eigenvalue weighted by Gasteiger charge is 2.09. The molecule has 0 aliphatic carbocycles. The van der Waals surface area contributed by atoms with Gasteiger partial charge in [0, 0.05) is 21.7 Å². The Morgan fingerprint density at radius 3 is 2.62 bits per heavy atom. The minimum Gasteiger partial charge on any atom is -0.303 e. The predicted octanol–water partition coefficient (Wildman–Crippen LogP) is 4.03. The van der Waals surface area contributed by atoms with E-state index in [9.17, 15) is 0 Å². The predicted molar refractivity (Wildman–Crippen MR) is 75.2 cm³/mol. The normalized spacial score (nSPS) is 17.6. The minimum atomic E-state index is 1.20. The minimum absolute atomic E-state index is 1.20. The molecule has 0 unspecified atom stereocenters. The molecular formula is C13H18BrNS. The maximum Gasteiger partial charge on any atom is 0.0311 e. The molecule has 0 aromatic heterocycles. The lowest BCUT2D eigenvalue weighted by Gasteiger charge is -2.26. The fraction of sp³-hybridized carbons (Fsp3) is 0.538. The van der Waals surface area contributed by atoms with Crippen molar-refractivity contribution in [1.29, 1.82) is 0 Å². The van der Waals surface area contributed by atoms with E-state index in [1.807, 2.05) is 11.8 Å². The van der Waals surface area contributed by atoms with E-state index in [0.29, 0.717) is 0 Å². The van der Waals surface area contributed by atoms with E-state index in [0.717, 1.165) is 0 Å². The third kappa shape index (κ3) is 3.79. The van der Waals surface area contributed by atoms with Crippen LogP contribution in [0.25, 0.3) is 0 Å². The van der Waals surface area contributed by atoms with E-state index in [1.165, 1.54) is 54.0 Å². The van der Waals surface area contributed by atoms with Crippen LogP contribution in [0.5, 0.6) is 0 Å². The Morgan fingerprint density at radius 2 is 1.88 bits per heavy atom. The van der Waals surface area contributed by atoms with Crippen LogP contribution in [-0.4, -0.2) is 30.3 Å². The second kappa shape index (κ2) is 6.67. The first kappa shape index (κ1) is 12.5. The summed E-state index contributed by atoms with van der Waals surface area (Å²) >= 11 is 5.54. The second-order valence-electron chi connectivity index (χ2n) is 4.18. The van der Waals surface area contributed by atoms with Gasteiger partial charge in [0.25, 0.3) is 0 Å². The van der Waals surface area contributed by atoms with Gasteiger partial charge in [-0.3, -0.25) is 0 Å². The molecule has 0 spiro atoms. The maximum absolute atomic E-state index is 3.59. The molecule has 0 bridgehead atoms. The number of hydrogen-bond donors (Lipinski definition) is 0. The molecule has 0 atom stereocenters. The van der Waals surface area contributed by atoms with Crippen molar-refractivity contribution in [1.82, 2.24) is 4.90 Å². The summed E-state index contributed by atoms with van der Waals surface area (Å²) < 4.78 is 1.22. The van der Waals surface area contributed by atoms with Crippen LogP contribution in [0, 0.1) is 0 Å². The zero-order chi connectivity index (χ0) is 11.2. The summed E-state index contributed by atoms with van der Waals surface area (Å²) in [6.45, 7) is 3.83. The van der Waals surface area contributed by atoms with Crippen molar-refractivity contribution in [2.24, 2.45) is 0 Å². The summed E-state index contributed by atoms with van der Waals surface area (Å²) in [6.07, 6.45) is 4.20. The van der Waals surface area contributed by atoms with Crippen LogP contribution in [0.4, 0.5) is 0 Å². The van der Waals surface area contributed by atoms with Gasteiger partial charge in [0.05, 0.1) is 0 Å². The Morgan fingerprint density at radius 1 is 1.12 bits per heavy atom. The Labute approximate surface area is 111 Å². The summed E-state index contributed by atoms with van der Waals surface area (Å²) in [5, 5.41) is 0. The monoisotopic (exact) mass is 299 g/mol. The lowest BCUT2D eigenvalue weighted by Crippen LogP contribution is -2.31. The highest BCUT2D eigenvalue weighted by atomic mass is 79.9. The van der Waals surface area contributed by atoms with E-state index in [1.54, 1.807) is 0 Å². The zero-order valence-electron chi connectivity index (χ0n) is 9.49. The van der Waals surface area contributed by atoms with Crippen molar-refractivity contribution in [3.8, 4) is 0 Å². The largest absolute Gasteiger partial charge is 0.303 e. The van der Waals surface area contributed by atoms with E-state index in [4.69, 9.17) is 0 Å². The molecular weight excluding hydrogens is 282 g/mol. The van der Waals surface area contributed by atoms with Crippen LogP contribution in [0.15, 0.2) is 33.6 Å². The number of halogens is 1. The molecule has 16 heavy (non-hydrogen) atoms. The van der Waals surface area contributed by atoms with Crippen LogP contribution >= 0.6 is 27.7 Å². The van der Waals surface area contributed by atoms with Crippen LogP contribution in [0.1, 0.15) is 19.3 Å². The molecule has 0 saturated carbocycles. The number of benzene rings is 1. The number of rotatable bonds is 4. The number of nitrogens with zero attached hydrogens (tertiary/aromatic N) is 1. The van der Waals surface area contributed by atoms with Crippen molar-refractivity contribution in [2.45, 2.75) is 24.2 Å². The molecule has 0 radical (unpaired) electrons.